The molecule has 0 bridgehead atoms. The molecular weight excluding hydrogens is 304 g/mol. The molecule has 2 rings (SSSR count). The molecule has 0 unspecified atom stereocenters. The van der Waals surface area contributed by atoms with Crippen molar-refractivity contribution in [3.63, 3.8) is 0 Å². The number of ether oxygens (including phenoxy) is 1. The number of pyridine rings is 1. The lowest BCUT2D eigenvalue weighted by molar-refractivity contribution is -0.156. The molecule has 1 aromatic carbocycles. The number of aromatic nitrogens is 1. The highest BCUT2D eigenvalue weighted by Gasteiger charge is 2.41. The normalized spacial score (nSPS) is 14.6. The van der Waals surface area contributed by atoms with Gasteiger partial charge in [-0.1, -0.05) is 26.8 Å². The Morgan fingerprint density at radius 2 is 1.88 bits per heavy atom. The summed E-state index contributed by atoms with van der Waals surface area (Å²) in [5, 5.41) is 0.827. The summed E-state index contributed by atoms with van der Waals surface area (Å²) in [5.74, 6) is -0.434. The first-order chi connectivity index (χ1) is 11.0. The summed E-state index contributed by atoms with van der Waals surface area (Å²) in [5.41, 5.74) is 6.40. The van der Waals surface area contributed by atoms with E-state index in [2.05, 4.69) is 4.98 Å². The van der Waals surface area contributed by atoms with Crippen LogP contribution in [0.2, 0.25) is 0 Å². The van der Waals surface area contributed by atoms with E-state index in [-0.39, 0.29) is 17.1 Å². The van der Waals surface area contributed by atoms with Crippen LogP contribution in [-0.4, -0.2) is 17.1 Å². The van der Waals surface area contributed by atoms with Crippen molar-refractivity contribution >= 4 is 16.9 Å². The molecule has 2 aromatic rings. The Bertz CT molecular complexity index is 802. The summed E-state index contributed by atoms with van der Waals surface area (Å²) in [6.45, 7) is 9.72. The van der Waals surface area contributed by atoms with Gasteiger partial charge in [0.2, 0.25) is 5.56 Å². The topological polar surface area (TPSA) is 85.2 Å². The molecule has 0 aliphatic heterocycles. The Kier molecular flexibility index (Phi) is 4.85. The van der Waals surface area contributed by atoms with Crippen molar-refractivity contribution in [2.45, 2.75) is 52.7 Å². The third-order valence-electron chi connectivity index (χ3n) is 3.75. The smallest absolute Gasteiger partial charge is 0.331 e. The molecule has 0 spiro atoms. The van der Waals surface area contributed by atoms with E-state index in [0.717, 1.165) is 5.39 Å². The second-order valence-electron chi connectivity index (χ2n) is 7.79. The number of fused-ring (bicyclic) bond motifs is 1. The zero-order chi connectivity index (χ0) is 18.1. The maximum absolute atomic E-state index is 12.7. The van der Waals surface area contributed by atoms with E-state index in [1.165, 1.54) is 6.07 Å². The first-order valence-corrected chi connectivity index (χ1v) is 8.15. The number of benzene rings is 1. The van der Waals surface area contributed by atoms with Crippen molar-refractivity contribution in [2.75, 3.05) is 0 Å². The van der Waals surface area contributed by atoms with E-state index in [4.69, 9.17) is 10.5 Å². The number of hydrogen-bond donors (Lipinski definition) is 2. The van der Waals surface area contributed by atoms with Gasteiger partial charge in [0, 0.05) is 11.6 Å². The molecule has 0 saturated heterocycles. The van der Waals surface area contributed by atoms with Gasteiger partial charge in [-0.3, -0.25) is 4.79 Å². The fourth-order valence-electron chi connectivity index (χ4n) is 2.88. The lowest BCUT2D eigenvalue weighted by Crippen LogP contribution is -2.49. The summed E-state index contributed by atoms with van der Waals surface area (Å²) in [6, 6.07) is 8.59. The van der Waals surface area contributed by atoms with E-state index in [0.29, 0.717) is 17.5 Å². The van der Waals surface area contributed by atoms with E-state index in [1.54, 1.807) is 32.0 Å². The number of nitrogens with one attached hydrogen (secondary N) is 1. The summed E-state index contributed by atoms with van der Waals surface area (Å²) < 4.78 is 5.43. The predicted octanol–water partition coefficient (Wildman–Crippen LogP) is 3.07. The van der Waals surface area contributed by atoms with E-state index in [1.807, 2.05) is 26.8 Å². The minimum atomic E-state index is -1.24. The highest BCUT2D eigenvalue weighted by molar-refractivity contribution is 5.86. The Balaban J connectivity index is 2.55. The van der Waals surface area contributed by atoms with Crippen LogP contribution in [0.1, 0.15) is 46.6 Å². The van der Waals surface area contributed by atoms with E-state index in [9.17, 15) is 9.59 Å². The summed E-state index contributed by atoms with van der Waals surface area (Å²) in [4.78, 5) is 26.9. The second kappa shape index (κ2) is 6.40. The van der Waals surface area contributed by atoms with Crippen LogP contribution >= 0.6 is 0 Å². The highest BCUT2D eigenvalue weighted by Crippen LogP contribution is 2.35. The fourth-order valence-corrected chi connectivity index (χ4v) is 2.88. The zero-order valence-electron chi connectivity index (χ0n) is 15.0. The second-order valence-corrected chi connectivity index (χ2v) is 7.79. The number of rotatable bonds is 4. The number of carbonyl (C=O) groups excluding carboxylic acids is 1. The quantitative estimate of drug-likeness (QED) is 0.844. The van der Waals surface area contributed by atoms with Crippen molar-refractivity contribution in [2.24, 2.45) is 11.1 Å². The molecule has 0 aliphatic rings. The average molecular weight is 330 g/mol. The lowest BCUT2D eigenvalue weighted by Gasteiger charge is -2.34. The number of hydrogen-bond acceptors (Lipinski definition) is 4. The maximum Gasteiger partial charge on any atom is 0.331 e. The molecule has 1 atom stereocenters. The summed E-state index contributed by atoms with van der Waals surface area (Å²) in [7, 11) is 0. The Morgan fingerprint density at radius 3 is 2.46 bits per heavy atom. The average Bonchev–Trinajstić information content (AvgIpc) is 2.44. The summed E-state index contributed by atoms with van der Waals surface area (Å²) in [6.07, 6.45) is 0.206. The van der Waals surface area contributed by atoms with Gasteiger partial charge in [-0.2, -0.15) is 0 Å². The molecule has 5 heteroatoms. The van der Waals surface area contributed by atoms with Gasteiger partial charge in [-0.15, -0.1) is 0 Å². The first kappa shape index (κ1) is 18.2. The number of esters is 1. The molecule has 1 aromatic heterocycles. The molecule has 24 heavy (non-hydrogen) atoms. The van der Waals surface area contributed by atoms with Gasteiger partial charge in [0.25, 0.3) is 0 Å². The van der Waals surface area contributed by atoms with Gasteiger partial charge in [-0.25, -0.2) is 4.79 Å². The van der Waals surface area contributed by atoms with Crippen LogP contribution in [0.3, 0.4) is 0 Å². The molecule has 0 saturated carbocycles. The molecule has 130 valence electrons. The van der Waals surface area contributed by atoms with Crippen LogP contribution in [0, 0.1) is 5.41 Å². The van der Waals surface area contributed by atoms with Gasteiger partial charge in [0.05, 0.1) is 6.10 Å². The number of nitrogens with two attached hydrogens (primary N) is 1. The molecule has 0 amide bonds. The third-order valence-corrected chi connectivity index (χ3v) is 3.75. The minimum absolute atomic E-state index is 0.162. The monoisotopic (exact) mass is 330 g/mol. The highest BCUT2D eigenvalue weighted by atomic mass is 16.5. The first-order valence-electron chi connectivity index (χ1n) is 8.15. The van der Waals surface area contributed by atoms with Crippen LogP contribution in [0.5, 0.6) is 0 Å². The van der Waals surface area contributed by atoms with Crippen molar-refractivity contribution in [1.29, 1.82) is 0 Å². The van der Waals surface area contributed by atoms with Crippen LogP contribution in [0.4, 0.5) is 0 Å². The Labute approximate surface area is 142 Å². The standard InChI is InChI=1S/C19H26N2O3/c1-12(2)24-17(23)19(20,11-18(3,4)5)14-7-8-15-13(10-14)6-9-16(22)21-15/h6-10,12H,11,20H2,1-5H3,(H,21,22)/t19-/m1/s1. The molecule has 5 nitrogen and oxygen atoms in total. The van der Waals surface area contributed by atoms with Crippen LogP contribution in [-0.2, 0) is 15.1 Å². The van der Waals surface area contributed by atoms with Gasteiger partial charge in [0.15, 0.2) is 0 Å². The minimum Gasteiger partial charge on any atom is -0.461 e. The van der Waals surface area contributed by atoms with Gasteiger partial charge in [-0.05, 0) is 54.8 Å². The number of H-pyrrole nitrogens is 1. The van der Waals surface area contributed by atoms with Crippen LogP contribution in [0.25, 0.3) is 10.9 Å². The molecule has 0 aliphatic carbocycles. The van der Waals surface area contributed by atoms with Gasteiger partial charge < -0.3 is 15.5 Å². The molecule has 0 radical (unpaired) electrons. The van der Waals surface area contributed by atoms with E-state index < -0.39 is 11.5 Å². The Morgan fingerprint density at radius 1 is 1.21 bits per heavy atom. The lowest BCUT2D eigenvalue weighted by atomic mass is 9.76. The molecular formula is C19H26N2O3. The number of carbonyl (C=O) groups is 1. The van der Waals surface area contributed by atoms with Crippen molar-refractivity contribution < 1.29 is 9.53 Å². The third kappa shape index (κ3) is 4.03. The van der Waals surface area contributed by atoms with Crippen molar-refractivity contribution in [3.8, 4) is 0 Å². The van der Waals surface area contributed by atoms with Crippen molar-refractivity contribution in [3.05, 3.63) is 46.2 Å². The largest absolute Gasteiger partial charge is 0.461 e. The maximum atomic E-state index is 12.7. The zero-order valence-corrected chi connectivity index (χ0v) is 15.0. The predicted molar refractivity (Wildman–Crippen MR) is 95.7 cm³/mol. The Hall–Kier alpha value is -2.14. The molecule has 1 heterocycles. The SMILES string of the molecule is CC(C)OC(=O)[C@@](N)(CC(C)(C)C)c1ccc2[nH]c(=O)ccc2c1. The fraction of sp³-hybridized carbons (Fsp3) is 0.474. The van der Waals surface area contributed by atoms with E-state index >= 15 is 0 Å². The van der Waals surface area contributed by atoms with Crippen molar-refractivity contribution in [1.82, 2.24) is 4.98 Å². The van der Waals surface area contributed by atoms with Gasteiger partial charge >= 0.3 is 5.97 Å². The summed E-state index contributed by atoms with van der Waals surface area (Å²) >= 11 is 0. The number of aromatic amines is 1. The van der Waals surface area contributed by atoms with Crippen LogP contribution in [0.15, 0.2) is 35.1 Å². The van der Waals surface area contributed by atoms with Gasteiger partial charge in [0.1, 0.15) is 5.54 Å². The molecule has 3 N–H and O–H groups in total. The van der Waals surface area contributed by atoms with Crippen LogP contribution < -0.4 is 11.3 Å². The molecule has 0 fully saturated rings.